The second kappa shape index (κ2) is 7.57. The van der Waals surface area contributed by atoms with Crippen LogP contribution in [0.5, 0.6) is 5.75 Å². The Bertz CT molecular complexity index is 623. The molecule has 6 nitrogen and oxygen atoms in total. The van der Waals surface area contributed by atoms with Crippen LogP contribution in [-0.2, 0) is 13.1 Å². The van der Waals surface area contributed by atoms with Crippen molar-refractivity contribution in [2.24, 2.45) is 0 Å². The molecule has 0 bridgehead atoms. The Labute approximate surface area is 136 Å². The molecule has 0 atom stereocenters. The zero-order valence-electron chi connectivity index (χ0n) is 13.8. The molecular formula is C17H24N4O2. The predicted octanol–water partition coefficient (Wildman–Crippen LogP) is 2.14. The Morgan fingerprint density at radius 2 is 2.09 bits per heavy atom. The number of hydrogen-bond acceptors (Lipinski definition) is 6. The molecular weight excluding hydrogens is 292 g/mol. The van der Waals surface area contributed by atoms with Gasteiger partial charge in [-0.3, -0.25) is 4.90 Å². The third kappa shape index (κ3) is 4.53. The molecule has 23 heavy (non-hydrogen) atoms. The molecule has 1 N–H and O–H groups in total. The second-order valence-electron chi connectivity index (χ2n) is 6.18. The maximum absolute atomic E-state index is 6.11. The maximum Gasteiger partial charge on any atom is 0.122 e. The zero-order chi connectivity index (χ0) is 16.1. The molecule has 6 heteroatoms. The first-order valence-corrected chi connectivity index (χ1v) is 8.13. The highest BCUT2D eigenvalue weighted by molar-refractivity contribution is 5.28. The van der Waals surface area contributed by atoms with E-state index in [9.17, 15) is 0 Å². The van der Waals surface area contributed by atoms with Crippen LogP contribution in [0, 0.1) is 6.92 Å². The highest BCUT2D eigenvalue weighted by Crippen LogP contribution is 2.19. The van der Waals surface area contributed by atoms with Crippen LogP contribution in [-0.4, -0.2) is 41.5 Å². The molecule has 124 valence electrons. The van der Waals surface area contributed by atoms with Crippen molar-refractivity contribution in [1.29, 1.82) is 0 Å². The topological polar surface area (TPSA) is 63.4 Å². The fourth-order valence-corrected chi connectivity index (χ4v) is 2.84. The van der Waals surface area contributed by atoms with Gasteiger partial charge in [-0.05, 0) is 57.6 Å². The first kappa shape index (κ1) is 16.0. The summed E-state index contributed by atoms with van der Waals surface area (Å²) in [6.45, 7) is 5.54. The summed E-state index contributed by atoms with van der Waals surface area (Å²) in [5.74, 6) is 0.960. The van der Waals surface area contributed by atoms with E-state index in [-0.39, 0.29) is 0 Å². The molecule has 0 spiro atoms. The summed E-state index contributed by atoms with van der Waals surface area (Å²) in [6.07, 6.45) is 2.47. The summed E-state index contributed by atoms with van der Waals surface area (Å²) < 4.78 is 10.9. The molecule has 0 aliphatic carbocycles. The van der Waals surface area contributed by atoms with Crippen molar-refractivity contribution in [1.82, 2.24) is 20.5 Å². The maximum atomic E-state index is 6.11. The van der Waals surface area contributed by atoms with Gasteiger partial charge in [-0.2, -0.15) is 0 Å². The Morgan fingerprint density at radius 3 is 2.83 bits per heavy atom. The van der Waals surface area contributed by atoms with Crippen molar-refractivity contribution in [3.63, 3.8) is 0 Å². The van der Waals surface area contributed by atoms with Gasteiger partial charge < -0.3 is 10.1 Å². The number of rotatable bonds is 6. The van der Waals surface area contributed by atoms with Crippen LogP contribution in [0.25, 0.3) is 0 Å². The van der Waals surface area contributed by atoms with E-state index >= 15 is 0 Å². The quantitative estimate of drug-likeness (QED) is 0.881. The average molecular weight is 316 g/mol. The Morgan fingerprint density at radius 1 is 1.26 bits per heavy atom. The first-order chi connectivity index (χ1) is 11.2. The normalized spacial score (nSPS) is 16.0. The van der Waals surface area contributed by atoms with Crippen LogP contribution in [0.15, 0.2) is 28.9 Å². The summed E-state index contributed by atoms with van der Waals surface area (Å²) >= 11 is 0. The van der Waals surface area contributed by atoms with E-state index in [2.05, 4.69) is 45.8 Å². The van der Waals surface area contributed by atoms with Crippen LogP contribution in [0.3, 0.4) is 0 Å². The van der Waals surface area contributed by atoms with Crippen molar-refractivity contribution >= 4 is 0 Å². The van der Waals surface area contributed by atoms with E-state index in [4.69, 9.17) is 9.37 Å². The van der Waals surface area contributed by atoms with Crippen LogP contribution in [0.4, 0.5) is 0 Å². The van der Waals surface area contributed by atoms with Gasteiger partial charge >= 0.3 is 0 Å². The molecule has 1 fully saturated rings. The van der Waals surface area contributed by atoms with Crippen molar-refractivity contribution in [3.8, 4) is 5.75 Å². The number of benzene rings is 1. The molecule has 2 aromatic rings. The standard InChI is InChI=1S/C17H24N4O2/c1-13-17(20-23-19-13)12-21(2)11-14-4-3-5-16(10-14)22-15-6-8-18-9-7-15/h3-5,10,15,18H,6-9,11-12H2,1-2H3. The van der Waals surface area contributed by atoms with Gasteiger partial charge in [0.25, 0.3) is 0 Å². The van der Waals surface area contributed by atoms with Crippen molar-refractivity contribution < 1.29 is 9.37 Å². The smallest absolute Gasteiger partial charge is 0.122 e. The third-order valence-electron chi connectivity index (χ3n) is 4.11. The van der Waals surface area contributed by atoms with Crippen LogP contribution in [0.2, 0.25) is 0 Å². The molecule has 0 amide bonds. The average Bonchev–Trinajstić information content (AvgIpc) is 2.93. The second-order valence-corrected chi connectivity index (χ2v) is 6.18. The van der Waals surface area contributed by atoms with Crippen LogP contribution >= 0.6 is 0 Å². The lowest BCUT2D eigenvalue weighted by atomic mass is 10.1. The fraction of sp³-hybridized carbons (Fsp3) is 0.529. The lowest BCUT2D eigenvalue weighted by Gasteiger charge is -2.24. The van der Waals surface area contributed by atoms with E-state index in [1.165, 1.54) is 5.56 Å². The molecule has 0 radical (unpaired) electrons. The van der Waals surface area contributed by atoms with Gasteiger partial charge in [-0.1, -0.05) is 22.4 Å². The van der Waals surface area contributed by atoms with Gasteiger partial charge in [0.2, 0.25) is 0 Å². The fourth-order valence-electron chi connectivity index (χ4n) is 2.84. The molecule has 0 unspecified atom stereocenters. The minimum absolute atomic E-state index is 0.327. The molecule has 2 heterocycles. The molecule has 1 aliphatic rings. The van der Waals surface area contributed by atoms with E-state index in [0.717, 1.165) is 49.6 Å². The highest BCUT2D eigenvalue weighted by Gasteiger charge is 2.15. The summed E-state index contributed by atoms with van der Waals surface area (Å²) in [5.41, 5.74) is 2.96. The number of aromatic nitrogens is 2. The molecule has 1 aliphatic heterocycles. The third-order valence-corrected chi connectivity index (χ3v) is 4.11. The molecule has 1 aromatic carbocycles. The van der Waals surface area contributed by atoms with E-state index in [1.54, 1.807) is 0 Å². The highest BCUT2D eigenvalue weighted by atomic mass is 16.6. The SMILES string of the molecule is Cc1nonc1CN(C)Cc1cccc(OC2CCNCC2)c1. The lowest BCUT2D eigenvalue weighted by Crippen LogP contribution is -2.34. The minimum atomic E-state index is 0.327. The Kier molecular flexibility index (Phi) is 5.25. The molecule has 1 saturated heterocycles. The Hall–Kier alpha value is -1.92. The minimum Gasteiger partial charge on any atom is -0.490 e. The summed E-state index contributed by atoms with van der Waals surface area (Å²) in [6, 6.07) is 8.35. The predicted molar refractivity (Wildman–Crippen MR) is 87.2 cm³/mol. The van der Waals surface area contributed by atoms with Gasteiger partial charge in [0, 0.05) is 13.1 Å². The Balaban J connectivity index is 1.57. The number of piperidine rings is 1. The number of hydrogen-bond donors (Lipinski definition) is 1. The van der Waals surface area contributed by atoms with Crippen molar-refractivity contribution in [3.05, 3.63) is 41.2 Å². The number of nitrogens with zero attached hydrogens (tertiary/aromatic N) is 3. The van der Waals surface area contributed by atoms with E-state index < -0.39 is 0 Å². The van der Waals surface area contributed by atoms with Crippen molar-refractivity contribution in [2.45, 2.75) is 39.0 Å². The molecule has 3 rings (SSSR count). The summed E-state index contributed by atoms with van der Waals surface area (Å²) in [7, 11) is 2.06. The van der Waals surface area contributed by atoms with Crippen molar-refractivity contribution in [2.75, 3.05) is 20.1 Å². The van der Waals surface area contributed by atoms with E-state index in [1.807, 2.05) is 13.0 Å². The van der Waals surface area contributed by atoms with Crippen LogP contribution < -0.4 is 10.1 Å². The number of nitrogens with one attached hydrogen (secondary N) is 1. The zero-order valence-corrected chi connectivity index (χ0v) is 13.8. The van der Waals surface area contributed by atoms with Crippen LogP contribution in [0.1, 0.15) is 29.8 Å². The molecule has 0 saturated carbocycles. The first-order valence-electron chi connectivity index (χ1n) is 8.13. The monoisotopic (exact) mass is 316 g/mol. The van der Waals surface area contributed by atoms with Gasteiger partial charge in [0.15, 0.2) is 0 Å². The number of ether oxygens (including phenoxy) is 1. The van der Waals surface area contributed by atoms with Gasteiger partial charge in [-0.15, -0.1) is 0 Å². The van der Waals surface area contributed by atoms with Gasteiger partial charge in [0.05, 0.1) is 0 Å². The molecule has 1 aromatic heterocycles. The summed E-state index contributed by atoms with van der Waals surface area (Å²) in [5, 5.41) is 11.1. The van der Waals surface area contributed by atoms with Gasteiger partial charge in [0.1, 0.15) is 23.2 Å². The van der Waals surface area contributed by atoms with E-state index in [0.29, 0.717) is 12.6 Å². The number of aryl methyl sites for hydroxylation is 1. The van der Waals surface area contributed by atoms with Gasteiger partial charge in [-0.25, -0.2) is 4.63 Å². The summed E-state index contributed by atoms with van der Waals surface area (Å²) in [4.78, 5) is 2.19. The largest absolute Gasteiger partial charge is 0.490 e. The lowest BCUT2D eigenvalue weighted by molar-refractivity contribution is 0.162.